The van der Waals surface area contributed by atoms with Crippen molar-refractivity contribution in [3.8, 4) is 0 Å². The predicted molar refractivity (Wildman–Crippen MR) is 89.4 cm³/mol. The van der Waals surface area contributed by atoms with E-state index in [2.05, 4.69) is 30.3 Å². The van der Waals surface area contributed by atoms with Crippen LogP contribution in [0.25, 0.3) is 0 Å². The molecule has 1 heterocycles. The summed E-state index contributed by atoms with van der Waals surface area (Å²) in [6, 6.07) is 0.478. The molecule has 120 valence electrons. The maximum Gasteiger partial charge on any atom is 0.244 e. The normalized spacial score (nSPS) is 35.5. The summed E-state index contributed by atoms with van der Waals surface area (Å²) in [7, 11) is 0. The van der Waals surface area contributed by atoms with Gasteiger partial charge in [0.05, 0.1) is 11.7 Å². The first-order valence-corrected chi connectivity index (χ1v) is 9.98. The van der Waals surface area contributed by atoms with Gasteiger partial charge in [0.25, 0.3) is 0 Å². The van der Waals surface area contributed by atoms with Crippen LogP contribution in [0.15, 0.2) is 0 Å². The predicted octanol–water partition coefficient (Wildman–Crippen LogP) is 3.39. The SMILES string of the molecule is CSC1CCC(N2C(=O)C3(CCCC3)NC2CC(C)C)C1. The van der Waals surface area contributed by atoms with Crippen molar-refractivity contribution >= 4 is 17.7 Å². The maximum atomic E-state index is 13.2. The molecule has 2 aliphatic carbocycles. The molecule has 0 bridgehead atoms. The molecule has 3 rings (SSSR count). The second kappa shape index (κ2) is 6.11. The molecule has 3 atom stereocenters. The van der Waals surface area contributed by atoms with E-state index in [1.54, 1.807) is 0 Å². The number of carbonyl (C=O) groups excluding carboxylic acids is 1. The lowest BCUT2D eigenvalue weighted by Gasteiger charge is -2.31. The molecule has 1 saturated heterocycles. The highest BCUT2D eigenvalue weighted by atomic mass is 32.2. The molecule has 0 aromatic carbocycles. The van der Waals surface area contributed by atoms with Crippen molar-refractivity contribution in [2.24, 2.45) is 5.92 Å². The van der Waals surface area contributed by atoms with Gasteiger partial charge in [-0.2, -0.15) is 11.8 Å². The Hall–Kier alpha value is -0.220. The third kappa shape index (κ3) is 2.86. The molecule has 1 N–H and O–H groups in total. The average Bonchev–Trinajstić information content (AvgIpc) is 3.12. The number of nitrogens with one attached hydrogen (secondary N) is 1. The zero-order valence-electron chi connectivity index (χ0n) is 13.7. The molecule has 3 aliphatic rings. The van der Waals surface area contributed by atoms with Gasteiger partial charge in [0.2, 0.25) is 5.91 Å². The molecule has 21 heavy (non-hydrogen) atoms. The van der Waals surface area contributed by atoms with E-state index in [-0.39, 0.29) is 11.7 Å². The van der Waals surface area contributed by atoms with E-state index in [0.717, 1.165) is 24.5 Å². The van der Waals surface area contributed by atoms with Gasteiger partial charge in [-0.25, -0.2) is 0 Å². The highest BCUT2D eigenvalue weighted by Gasteiger charge is 2.54. The largest absolute Gasteiger partial charge is 0.323 e. The molecule has 0 radical (unpaired) electrons. The Morgan fingerprint density at radius 2 is 2.05 bits per heavy atom. The molecule has 3 nitrogen and oxygen atoms in total. The van der Waals surface area contributed by atoms with Gasteiger partial charge < -0.3 is 4.90 Å². The Bertz CT molecular complexity index is 392. The van der Waals surface area contributed by atoms with Crippen LogP contribution >= 0.6 is 11.8 Å². The van der Waals surface area contributed by atoms with Crippen LogP contribution in [0, 0.1) is 5.92 Å². The van der Waals surface area contributed by atoms with Gasteiger partial charge >= 0.3 is 0 Å². The Labute approximate surface area is 133 Å². The van der Waals surface area contributed by atoms with Crippen molar-refractivity contribution in [1.29, 1.82) is 0 Å². The topological polar surface area (TPSA) is 32.3 Å². The van der Waals surface area contributed by atoms with Crippen molar-refractivity contribution < 1.29 is 4.79 Å². The second-order valence-electron chi connectivity index (χ2n) is 7.62. The van der Waals surface area contributed by atoms with E-state index in [0.29, 0.717) is 17.9 Å². The van der Waals surface area contributed by atoms with E-state index < -0.39 is 0 Å². The molecule has 1 aliphatic heterocycles. The molecular formula is C17H30N2OS. The van der Waals surface area contributed by atoms with Crippen molar-refractivity contribution in [3.63, 3.8) is 0 Å². The average molecular weight is 311 g/mol. The molecule has 0 aromatic rings. The number of amides is 1. The zero-order chi connectivity index (χ0) is 15.0. The highest BCUT2D eigenvalue weighted by molar-refractivity contribution is 7.99. The molecule has 3 fully saturated rings. The lowest BCUT2D eigenvalue weighted by molar-refractivity contribution is -0.135. The summed E-state index contributed by atoms with van der Waals surface area (Å²) in [5.74, 6) is 1.06. The molecule has 1 spiro atoms. The molecule has 0 aromatic heterocycles. The van der Waals surface area contributed by atoms with Crippen LogP contribution in [0.3, 0.4) is 0 Å². The van der Waals surface area contributed by atoms with Crippen LogP contribution in [0.5, 0.6) is 0 Å². The minimum atomic E-state index is -0.197. The van der Waals surface area contributed by atoms with Crippen molar-refractivity contribution in [2.75, 3.05) is 6.26 Å². The van der Waals surface area contributed by atoms with Crippen molar-refractivity contribution in [2.45, 2.75) is 88.2 Å². The van der Waals surface area contributed by atoms with E-state index in [9.17, 15) is 4.79 Å². The summed E-state index contributed by atoms with van der Waals surface area (Å²) in [6.07, 6.45) is 11.8. The van der Waals surface area contributed by atoms with Crippen LogP contribution < -0.4 is 5.32 Å². The van der Waals surface area contributed by atoms with E-state index in [1.807, 2.05) is 11.8 Å². The van der Waals surface area contributed by atoms with Gasteiger partial charge in [-0.3, -0.25) is 10.1 Å². The minimum absolute atomic E-state index is 0.197. The smallest absolute Gasteiger partial charge is 0.244 e. The van der Waals surface area contributed by atoms with E-state index in [1.165, 1.54) is 32.1 Å². The van der Waals surface area contributed by atoms with Crippen LogP contribution in [0.4, 0.5) is 0 Å². The molecule has 1 amide bonds. The van der Waals surface area contributed by atoms with Crippen LogP contribution in [-0.4, -0.2) is 40.1 Å². The third-order valence-electron chi connectivity index (χ3n) is 5.66. The minimum Gasteiger partial charge on any atom is -0.323 e. The first-order chi connectivity index (χ1) is 10.1. The maximum absolute atomic E-state index is 13.2. The van der Waals surface area contributed by atoms with Crippen molar-refractivity contribution in [1.82, 2.24) is 10.2 Å². The monoisotopic (exact) mass is 310 g/mol. The van der Waals surface area contributed by atoms with Crippen LogP contribution in [0.2, 0.25) is 0 Å². The summed E-state index contributed by atoms with van der Waals surface area (Å²) in [4.78, 5) is 15.4. The Kier molecular flexibility index (Phi) is 4.56. The molecule has 4 heteroatoms. The fourth-order valence-electron chi connectivity index (χ4n) is 4.60. The van der Waals surface area contributed by atoms with E-state index >= 15 is 0 Å². The van der Waals surface area contributed by atoms with Gasteiger partial charge in [0.15, 0.2) is 0 Å². The zero-order valence-corrected chi connectivity index (χ0v) is 14.5. The van der Waals surface area contributed by atoms with Gasteiger partial charge in [-0.05, 0) is 50.7 Å². The van der Waals surface area contributed by atoms with Gasteiger partial charge in [0, 0.05) is 11.3 Å². The molecule has 3 unspecified atom stereocenters. The Balaban J connectivity index is 1.79. The summed E-state index contributed by atoms with van der Waals surface area (Å²) in [6.45, 7) is 4.53. The first kappa shape index (κ1) is 15.7. The van der Waals surface area contributed by atoms with Gasteiger partial charge in [0.1, 0.15) is 0 Å². The first-order valence-electron chi connectivity index (χ1n) is 8.69. The van der Waals surface area contributed by atoms with Crippen LogP contribution in [-0.2, 0) is 4.79 Å². The summed E-state index contributed by atoms with van der Waals surface area (Å²) < 4.78 is 0. The number of hydrogen-bond donors (Lipinski definition) is 1. The lowest BCUT2D eigenvalue weighted by Crippen LogP contribution is -2.45. The van der Waals surface area contributed by atoms with Crippen molar-refractivity contribution in [3.05, 3.63) is 0 Å². The second-order valence-corrected chi connectivity index (χ2v) is 8.75. The molecular weight excluding hydrogens is 280 g/mol. The van der Waals surface area contributed by atoms with E-state index in [4.69, 9.17) is 0 Å². The number of nitrogens with zero attached hydrogens (tertiary/aromatic N) is 1. The summed E-state index contributed by atoms with van der Waals surface area (Å²) >= 11 is 1.98. The lowest BCUT2D eigenvalue weighted by atomic mass is 9.97. The standard InChI is InChI=1S/C17H30N2OS/c1-12(2)10-15-18-17(8-4-5-9-17)16(20)19(15)13-6-7-14(11-13)21-3/h12-15,18H,4-11H2,1-3H3. The number of carbonyl (C=O) groups is 1. The fraction of sp³-hybridized carbons (Fsp3) is 0.941. The Morgan fingerprint density at radius 1 is 1.33 bits per heavy atom. The Morgan fingerprint density at radius 3 is 2.62 bits per heavy atom. The van der Waals surface area contributed by atoms with Crippen LogP contribution in [0.1, 0.15) is 65.2 Å². The summed E-state index contributed by atoms with van der Waals surface area (Å²) in [5.41, 5.74) is -0.197. The fourth-order valence-corrected chi connectivity index (χ4v) is 5.39. The summed E-state index contributed by atoms with van der Waals surface area (Å²) in [5, 5.41) is 4.53. The quantitative estimate of drug-likeness (QED) is 0.864. The molecule has 2 saturated carbocycles. The van der Waals surface area contributed by atoms with Gasteiger partial charge in [-0.1, -0.05) is 26.7 Å². The number of thioether (sulfide) groups is 1. The van der Waals surface area contributed by atoms with Gasteiger partial charge in [-0.15, -0.1) is 0 Å². The number of hydrogen-bond acceptors (Lipinski definition) is 3. The third-order valence-corrected chi connectivity index (χ3v) is 6.75. The number of rotatable bonds is 4. The highest BCUT2D eigenvalue weighted by Crippen LogP contribution is 2.42.